The highest BCUT2D eigenvalue weighted by molar-refractivity contribution is 7.89. The maximum Gasteiger partial charge on any atom is 0.243 e. The van der Waals surface area contributed by atoms with E-state index in [2.05, 4.69) is 5.32 Å². The summed E-state index contributed by atoms with van der Waals surface area (Å²) in [5.74, 6) is -0.166. The van der Waals surface area contributed by atoms with E-state index < -0.39 is 21.7 Å². The van der Waals surface area contributed by atoms with Gasteiger partial charge in [-0.25, -0.2) is 12.8 Å². The zero-order chi connectivity index (χ0) is 24.0. The van der Waals surface area contributed by atoms with E-state index in [1.54, 1.807) is 31.4 Å². The summed E-state index contributed by atoms with van der Waals surface area (Å²) in [6.45, 7) is 3.23. The van der Waals surface area contributed by atoms with Gasteiger partial charge in [-0.15, -0.1) is 0 Å². The van der Waals surface area contributed by atoms with Gasteiger partial charge in [0.25, 0.3) is 0 Å². The maximum atomic E-state index is 13.3. The number of ether oxygens (including phenoxy) is 1. The molecule has 0 spiro atoms. The summed E-state index contributed by atoms with van der Waals surface area (Å²) in [6, 6.07) is 18.9. The normalized spacial score (nSPS) is 12.4. The van der Waals surface area contributed by atoms with Gasteiger partial charge in [0, 0.05) is 6.54 Å². The molecule has 0 aliphatic carbocycles. The minimum Gasteiger partial charge on any atom is -0.497 e. The van der Waals surface area contributed by atoms with Crippen LogP contribution in [0.15, 0.2) is 77.7 Å². The van der Waals surface area contributed by atoms with Crippen molar-refractivity contribution >= 4 is 15.9 Å². The van der Waals surface area contributed by atoms with Crippen molar-refractivity contribution in [2.75, 3.05) is 13.7 Å². The third kappa shape index (κ3) is 6.40. The Kier molecular flexibility index (Phi) is 7.84. The number of amides is 1. The van der Waals surface area contributed by atoms with E-state index in [-0.39, 0.29) is 24.0 Å². The molecule has 3 aromatic carbocycles. The maximum absolute atomic E-state index is 13.3. The summed E-state index contributed by atoms with van der Waals surface area (Å²) in [6.07, 6.45) is 0. The number of carbonyl (C=O) groups is 1. The quantitative estimate of drug-likeness (QED) is 0.508. The summed E-state index contributed by atoms with van der Waals surface area (Å²) in [5.41, 5.74) is 2.35. The van der Waals surface area contributed by atoms with Crippen molar-refractivity contribution in [1.82, 2.24) is 9.62 Å². The summed E-state index contributed by atoms with van der Waals surface area (Å²) >= 11 is 0. The van der Waals surface area contributed by atoms with Crippen LogP contribution in [0, 0.1) is 12.7 Å². The predicted octanol–water partition coefficient (Wildman–Crippen LogP) is 4.21. The molecule has 8 heteroatoms. The number of aryl methyl sites for hydroxylation is 1. The van der Waals surface area contributed by atoms with Crippen molar-refractivity contribution in [3.63, 3.8) is 0 Å². The Morgan fingerprint density at radius 2 is 1.61 bits per heavy atom. The van der Waals surface area contributed by atoms with Gasteiger partial charge in [-0.05, 0) is 61.4 Å². The van der Waals surface area contributed by atoms with Gasteiger partial charge in [-0.3, -0.25) is 4.79 Å². The Morgan fingerprint density at radius 1 is 1.00 bits per heavy atom. The number of nitrogens with zero attached hydrogens (tertiary/aromatic N) is 1. The molecule has 33 heavy (non-hydrogen) atoms. The average molecular weight is 471 g/mol. The first-order valence-corrected chi connectivity index (χ1v) is 11.9. The summed E-state index contributed by atoms with van der Waals surface area (Å²) in [5, 5.41) is 2.85. The van der Waals surface area contributed by atoms with E-state index in [9.17, 15) is 17.6 Å². The molecule has 0 bridgehead atoms. The Bertz CT molecular complexity index is 1180. The molecule has 0 aliphatic rings. The van der Waals surface area contributed by atoms with Crippen LogP contribution in [0.1, 0.15) is 29.7 Å². The van der Waals surface area contributed by atoms with E-state index in [0.29, 0.717) is 11.3 Å². The molecule has 0 saturated carbocycles. The van der Waals surface area contributed by atoms with Crippen molar-refractivity contribution in [1.29, 1.82) is 0 Å². The number of benzene rings is 3. The number of halogens is 1. The zero-order valence-electron chi connectivity index (χ0n) is 18.8. The van der Waals surface area contributed by atoms with E-state index in [0.717, 1.165) is 15.4 Å². The second-order valence-corrected chi connectivity index (χ2v) is 9.71. The molecule has 0 aliphatic heterocycles. The number of carbonyl (C=O) groups excluding carboxylic acids is 1. The van der Waals surface area contributed by atoms with Crippen LogP contribution in [0.5, 0.6) is 5.75 Å². The first-order valence-electron chi connectivity index (χ1n) is 10.4. The van der Waals surface area contributed by atoms with Crippen molar-refractivity contribution in [3.8, 4) is 5.75 Å². The standard InChI is InChI=1S/C25H27FN2O4S/c1-18-4-14-24(15-5-18)33(30,31)28(16-20-6-10-22(26)11-7-20)17-25(29)27-19(2)21-8-12-23(32-3)13-9-21/h4-15,19H,16-17H2,1-3H3,(H,27,29). The number of hydrogen-bond acceptors (Lipinski definition) is 4. The van der Waals surface area contributed by atoms with Gasteiger partial charge in [-0.2, -0.15) is 4.31 Å². The lowest BCUT2D eigenvalue weighted by Gasteiger charge is -2.23. The second kappa shape index (κ2) is 10.6. The third-order valence-corrected chi connectivity index (χ3v) is 7.05. The van der Waals surface area contributed by atoms with Crippen LogP contribution in [0.2, 0.25) is 0 Å². The topological polar surface area (TPSA) is 75.7 Å². The fourth-order valence-electron chi connectivity index (χ4n) is 3.30. The molecule has 0 saturated heterocycles. The molecular weight excluding hydrogens is 443 g/mol. The van der Waals surface area contributed by atoms with Gasteiger partial charge >= 0.3 is 0 Å². The van der Waals surface area contributed by atoms with Gasteiger partial charge in [0.15, 0.2) is 0 Å². The van der Waals surface area contributed by atoms with Gasteiger partial charge in [0.05, 0.1) is 24.6 Å². The fourth-order valence-corrected chi connectivity index (χ4v) is 4.69. The van der Waals surface area contributed by atoms with Crippen molar-refractivity contribution in [3.05, 3.63) is 95.3 Å². The molecule has 6 nitrogen and oxygen atoms in total. The molecule has 1 N–H and O–H groups in total. The average Bonchev–Trinajstić information content (AvgIpc) is 2.80. The molecule has 0 fully saturated rings. The van der Waals surface area contributed by atoms with Crippen molar-refractivity contribution < 1.29 is 22.3 Å². The molecule has 3 aromatic rings. The van der Waals surface area contributed by atoms with Crippen molar-refractivity contribution in [2.24, 2.45) is 0 Å². The van der Waals surface area contributed by atoms with Gasteiger partial charge in [-0.1, -0.05) is 42.0 Å². The van der Waals surface area contributed by atoms with Crippen LogP contribution < -0.4 is 10.1 Å². The minimum absolute atomic E-state index is 0.0686. The Hall–Kier alpha value is -3.23. The van der Waals surface area contributed by atoms with Crippen LogP contribution in [0.3, 0.4) is 0 Å². The molecule has 1 amide bonds. The molecule has 0 heterocycles. The summed E-state index contributed by atoms with van der Waals surface area (Å²) < 4.78 is 46.2. The fraction of sp³-hybridized carbons (Fsp3) is 0.240. The van der Waals surface area contributed by atoms with E-state index in [4.69, 9.17) is 4.74 Å². The van der Waals surface area contributed by atoms with Crippen LogP contribution in [0.4, 0.5) is 4.39 Å². The molecule has 0 aromatic heterocycles. The molecular formula is C25H27FN2O4S. The lowest BCUT2D eigenvalue weighted by molar-refractivity contribution is -0.122. The van der Waals surface area contributed by atoms with Gasteiger partial charge < -0.3 is 10.1 Å². The Balaban J connectivity index is 1.81. The first kappa shape index (κ1) is 24.4. The zero-order valence-corrected chi connectivity index (χ0v) is 19.6. The minimum atomic E-state index is -3.97. The SMILES string of the molecule is COc1ccc(C(C)NC(=O)CN(Cc2ccc(F)cc2)S(=O)(=O)c2ccc(C)cc2)cc1. The molecule has 3 rings (SSSR count). The van der Waals surface area contributed by atoms with E-state index in [1.807, 2.05) is 26.0 Å². The molecule has 0 radical (unpaired) electrons. The van der Waals surface area contributed by atoms with Crippen LogP contribution in [-0.4, -0.2) is 32.3 Å². The van der Waals surface area contributed by atoms with E-state index >= 15 is 0 Å². The molecule has 174 valence electrons. The van der Waals surface area contributed by atoms with Gasteiger partial charge in [0.2, 0.25) is 15.9 Å². The lowest BCUT2D eigenvalue weighted by atomic mass is 10.1. The van der Waals surface area contributed by atoms with Crippen LogP contribution in [0.25, 0.3) is 0 Å². The second-order valence-electron chi connectivity index (χ2n) is 7.77. The monoisotopic (exact) mass is 470 g/mol. The van der Waals surface area contributed by atoms with Crippen molar-refractivity contribution in [2.45, 2.75) is 31.3 Å². The van der Waals surface area contributed by atoms with E-state index in [1.165, 1.54) is 36.4 Å². The highest BCUT2D eigenvalue weighted by Crippen LogP contribution is 2.21. The predicted molar refractivity (Wildman–Crippen MR) is 125 cm³/mol. The highest BCUT2D eigenvalue weighted by Gasteiger charge is 2.27. The number of hydrogen-bond donors (Lipinski definition) is 1. The van der Waals surface area contributed by atoms with Crippen LogP contribution >= 0.6 is 0 Å². The largest absolute Gasteiger partial charge is 0.497 e. The number of nitrogens with one attached hydrogen (secondary N) is 1. The molecule has 1 atom stereocenters. The Morgan fingerprint density at radius 3 is 2.18 bits per heavy atom. The Labute approximate surface area is 194 Å². The highest BCUT2D eigenvalue weighted by atomic mass is 32.2. The summed E-state index contributed by atoms with van der Waals surface area (Å²) in [7, 11) is -2.39. The lowest BCUT2D eigenvalue weighted by Crippen LogP contribution is -2.41. The third-order valence-electron chi connectivity index (χ3n) is 5.24. The number of methoxy groups -OCH3 is 1. The number of sulfonamides is 1. The summed E-state index contributed by atoms with van der Waals surface area (Å²) in [4.78, 5) is 12.9. The number of rotatable bonds is 9. The van der Waals surface area contributed by atoms with Gasteiger partial charge in [0.1, 0.15) is 11.6 Å². The first-order chi connectivity index (χ1) is 15.7. The molecule has 1 unspecified atom stereocenters. The van der Waals surface area contributed by atoms with Crippen LogP contribution in [-0.2, 0) is 21.4 Å². The smallest absolute Gasteiger partial charge is 0.243 e.